The molecule has 2 N–H and O–H groups in total. The molecule has 1 aliphatic rings. The second-order valence-electron chi connectivity index (χ2n) is 7.01. The quantitative estimate of drug-likeness (QED) is 0.521. The standard InChI is InChI=1S/C16H20Cl4N4O3/c1-16(2,3)27-15(26)8(6-24-5-4-21-9(25)7-24)22-12-10(17)13(19)23-14(20)11(12)18/h8H,4-7H2,1-3H3,(H,21,25)(H,22,23). The largest absolute Gasteiger partial charge is 0.458 e. The first-order valence-corrected chi connectivity index (χ1v) is 9.67. The normalized spacial score (nSPS) is 16.6. The highest BCUT2D eigenvalue weighted by molar-refractivity contribution is 6.48. The van der Waals surface area contributed by atoms with E-state index < -0.39 is 17.6 Å². The van der Waals surface area contributed by atoms with Crippen LogP contribution in [-0.2, 0) is 14.3 Å². The van der Waals surface area contributed by atoms with Crippen molar-refractivity contribution in [2.45, 2.75) is 32.4 Å². The third kappa shape index (κ3) is 6.26. The van der Waals surface area contributed by atoms with Crippen molar-refractivity contribution in [3.63, 3.8) is 0 Å². The smallest absolute Gasteiger partial charge is 0.330 e. The molecule has 7 nitrogen and oxygen atoms in total. The number of halogens is 4. The summed E-state index contributed by atoms with van der Waals surface area (Å²) in [6, 6.07) is -0.861. The molecule has 1 fully saturated rings. The van der Waals surface area contributed by atoms with E-state index in [1.807, 2.05) is 4.90 Å². The summed E-state index contributed by atoms with van der Waals surface area (Å²) in [5.74, 6) is -0.639. The average Bonchev–Trinajstić information content (AvgIpc) is 2.54. The van der Waals surface area contributed by atoms with Gasteiger partial charge in [0.15, 0.2) is 10.3 Å². The first-order valence-electron chi connectivity index (χ1n) is 8.16. The lowest BCUT2D eigenvalue weighted by atomic mass is 10.1. The molecule has 1 saturated heterocycles. The SMILES string of the molecule is CC(C)(C)OC(=O)C(CN1CCNC(=O)C1)Nc1c(Cl)c(Cl)nc(Cl)c1Cl. The van der Waals surface area contributed by atoms with Crippen LogP contribution in [-0.4, -0.2) is 59.6 Å². The Hall–Kier alpha value is -0.990. The molecule has 0 aromatic carbocycles. The predicted octanol–water partition coefficient (Wildman–Crippen LogP) is 3.25. The van der Waals surface area contributed by atoms with Gasteiger partial charge >= 0.3 is 5.97 Å². The fraction of sp³-hybridized carbons (Fsp3) is 0.562. The van der Waals surface area contributed by atoms with E-state index in [2.05, 4.69) is 15.6 Å². The molecule has 0 spiro atoms. The molecule has 1 unspecified atom stereocenters. The Bertz CT molecular complexity index is 713. The molecule has 2 rings (SSSR count). The maximum Gasteiger partial charge on any atom is 0.330 e. The molecule has 1 aromatic rings. The van der Waals surface area contributed by atoms with Gasteiger partial charge in [0.2, 0.25) is 5.91 Å². The zero-order valence-electron chi connectivity index (χ0n) is 15.0. The molecule has 1 aliphatic heterocycles. The number of carbonyl (C=O) groups excluding carboxylic acids is 2. The van der Waals surface area contributed by atoms with Crippen molar-refractivity contribution in [2.24, 2.45) is 0 Å². The van der Waals surface area contributed by atoms with Crippen molar-refractivity contribution in [3.8, 4) is 0 Å². The minimum Gasteiger partial charge on any atom is -0.458 e. The first kappa shape index (κ1) is 22.3. The molecule has 0 aliphatic carbocycles. The summed E-state index contributed by atoms with van der Waals surface area (Å²) in [6.07, 6.45) is 0. The van der Waals surface area contributed by atoms with Crippen LogP contribution in [0.4, 0.5) is 5.69 Å². The lowest BCUT2D eigenvalue weighted by Gasteiger charge is -2.32. The highest BCUT2D eigenvalue weighted by Crippen LogP contribution is 2.39. The predicted molar refractivity (Wildman–Crippen MR) is 107 cm³/mol. The molecule has 0 saturated carbocycles. The Kier molecular flexibility index (Phi) is 7.44. The molecular weight excluding hydrogens is 438 g/mol. The molecule has 150 valence electrons. The Balaban J connectivity index is 2.29. The van der Waals surface area contributed by atoms with Gasteiger partial charge in [-0.3, -0.25) is 9.69 Å². The zero-order chi connectivity index (χ0) is 20.4. The summed E-state index contributed by atoms with van der Waals surface area (Å²) in [6.45, 7) is 6.73. The number of hydrogen-bond acceptors (Lipinski definition) is 6. The van der Waals surface area contributed by atoms with Crippen LogP contribution in [0.15, 0.2) is 0 Å². The van der Waals surface area contributed by atoms with Gasteiger partial charge in [0, 0.05) is 19.6 Å². The van der Waals surface area contributed by atoms with Crippen LogP contribution in [0.1, 0.15) is 20.8 Å². The summed E-state index contributed by atoms with van der Waals surface area (Å²) in [5.41, 5.74) is -0.516. The number of hydrogen-bond donors (Lipinski definition) is 2. The summed E-state index contributed by atoms with van der Waals surface area (Å²) in [4.78, 5) is 30.0. The number of aromatic nitrogens is 1. The van der Waals surface area contributed by atoms with Crippen LogP contribution in [0.2, 0.25) is 20.4 Å². The Morgan fingerprint density at radius 1 is 1.26 bits per heavy atom. The summed E-state index contributed by atoms with van der Waals surface area (Å²) >= 11 is 24.3. The van der Waals surface area contributed by atoms with E-state index in [0.717, 1.165) is 0 Å². The summed E-state index contributed by atoms with van der Waals surface area (Å²) in [7, 11) is 0. The Labute approximate surface area is 177 Å². The van der Waals surface area contributed by atoms with Crippen molar-refractivity contribution in [2.75, 3.05) is 31.5 Å². The number of amides is 1. The monoisotopic (exact) mass is 456 g/mol. The number of esters is 1. The van der Waals surface area contributed by atoms with E-state index >= 15 is 0 Å². The van der Waals surface area contributed by atoms with Gasteiger partial charge in [-0.05, 0) is 20.8 Å². The number of nitrogens with zero attached hydrogens (tertiary/aromatic N) is 2. The van der Waals surface area contributed by atoms with Gasteiger partial charge in [-0.15, -0.1) is 0 Å². The van der Waals surface area contributed by atoms with Crippen molar-refractivity contribution in [1.82, 2.24) is 15.2 Å². The van der Waals surface area contributed by atoms with E-state index in [9.17, 15) is 9.59 Å². The van der Waals surface area contributed by atoms with Crippen LogP contribution in [0.5, 0.6) is 0 Å². The third-order valence-corrected chi connectivity index (χ3v) is 5.04. The number of piperazine rings is 1. The van der Waals surface area contributed by atoms with Gasteiger partial charge in [0.25, 0.3) is 0 Å². The number of carbonyl (C=O) groups is 2. The van der Waals surface area contributed by atoms with Gasteiger partial charge in [0.05, 0.1) is 12.2 Å². The second-order valence-corrected chi connectivity index (χ2v) is 8.48. The lowest BCUT2D eigenvalue weighted by molar-refractivity contribution is -0.156. The molecule has 1 amide bonds. The number of nitrogens with one attached hydrogen (secondary N) is 2. The molecule has 2 heterocycles. The van der Waals surface area contributed by atoms with Crippen LogP contribution in [0.3, 0.4) is 0 Å². The Morgan fingerprint density at radius 2 is 1.85 bits per heavy atom. The molecular formula is C16H20Cl4N4O3. The topological polar surface area (TPSA) is 83.6 Å². The average molecular weight is 458 g/mol. The van der Waals surface area contributed by atoms with E-state index in [0.29, 0.717) is 13.1 Å². The Morgan fingerprint density at radius 3 is 2.37 bits per heavy atom. The van der Waals surface area contributed by atoms with Gasteiger partial charge in [-0.1, -0.05) is 46.4 Å². The van der Waals surface area contributed by atoms with Crippen molar-refractivity contribution < 1.29 is 14.3 Å². The maximum absolute atomic E-state index is 12.7. The minimum atomic E-state index is -0.861. The molecule has 11 heteroatoms. The van der Waals surface area contributed by atoms with Gasteiger partial charge in [-0.2, -0.15) is 0 Å². The van der Waals surface area contributed by atoms with Gasteiger partial charge in [-0.25, -0.2) is 9.78 Å². The molecule has 0 bridgehead atoms. The van der Waals surface area contributed by atoms with Crippen molar-refractivity contribution in [1.29, 1.82) is 0 Å². The fourth-order valence-corrected chi connectivity index (χ4v) is 3.28. The number of rotatable bonds is 5. The fourth-order valence-electron chi connectivity index (χ4n) is 2.45. The number of anilines is 1. The molecule has 27 heavy (non-hydrogen) atoms. The molecule has 1 atom stereocenters. The van der Waals surface area contributed by atoms with E-state index in [-0.39, 0.29) is 45.0 Å². The van der Waals surface area contributed by atoms with E-state index in [1.165, 1.54) is 0 Å². The molecule has 1 aromatic heterocycles. The lowest BCUT2D eigenvalue weighted by Crippen LogP contribution is -2.52. The second kappa shape index (κ2) is 9.01. The highest BCUT2D eigenvalue weighted by Gasteiger charge is 2.30. The van der Waals surface area contributed by atoms with Gasteiger partial charge < -0.3 is 15.4 Å². The third-order valence-electron chi connectivity index (χ3n) is 3.57. The van der Waals surface area contributed by atoms with Gasteiger partial charge in [0.1, 0.15) is 21.7 Å². The van der Waals surface area contributed by atoms with E-state index in [1.54, 1.807) is 20.8 Å². The minimum absolute atomic E-state index is 0.0380. The van der Waals surface area contributed by atoms with Crippen molar-refractivity contribution in [3.05, 3.63) is 20.4 Å². The zero-order valence-corrected chi connectivity index (χ0v) is 18.1. The van der Waals surface area contributed by atoms with Crippen LogP contribution in [0, 0.1) is 0 Å². The van der Waals surface area contributed by atoms with Crippen LogP contribution in [0.25, 0.3) is 0 Å². The number of pyridine rings is 1. The number of ether oxygens (including phenoxy) is 1. The molecule has 0 radical (unpaired) electrons. The van der Waals surface area contributed by atoms with Crippen LogP contribution < -0.4 is 10.6 Å². The van der Waals surface area contributed by atoms with E-state index in [4.69, 9.17) is 51.1 Å². The maximum atomic E-state index is 12.7. The highest BCUT2D eigenvalue weighted by atomic mass is 35.5. The summed E-state index contributed by atoms with van der Waals surface area (Å²) < 4.78 is 5.48. The summed E-state index contributed by atoms with van der Waals surface area (Å²) in [5, 5.41) is 5.68. The first-order chi connectivity index (χ1) is 12.5. The van der Waals surface area contributed by atoms with Crippen molar-refractivity contribution >= 4 is 64.0 Å². The van der Waals surface area contributed by atoms with Crippen LogP contribution >= 0.6 is 46.4 Å².